The molecule has 8 heteroatoms. The number of hydrogen-bond acceptors (Lipinski definition) is 6. The number of benzene rings is 2. The summed E-state index contributed by atoms with van der Waals surface area (Å²) < 4.78 is 7.17. The molecule has 7 nitrogen and oxygen atoms in total. The summed E-state index contributed by atoms with van der Waals surface area (Å²) in [5, 5.41) is 0. The van der Waals surface area contributed by atoms with Crippen molar-refractivity contribution < 1.29 is 14.3 Å². The molecular formula is C27H23N3O4S. The molecule has 1 amide bonds. The first-order valence-electron chi connectivity index (χ1n) is 11.3. The molecule has 2 aromatic carbocycles. The molecule has 176 valence electrons. The molecule has 3 heterocycles. The van der Waals surface area contributed by atoms with Crippen molar-refractivity contribution >= 4 is 34.5 Å². The molecule has 2 aliphatic rings. The average Bonchev–Trinajstić information content (AvgIpc) is 3.34. The lowest BCUT2D eigenvalue weighted by atomic mass is 9.96. The highest BCUT2D eigenvalue weighted by Crippen LogP contribution is 2.35. The van der Waals surface area contributed by atoms with Crippen LogP contribution in [-0.2, 0) is 14.3 Å². The van der Waals surface area contributed by atoms with Crippen LogP contribution in [0.2, 0.25) is 0 Å². The van der Waals surface area contributed by atoms with Crippen molar-refractivity contribution in [2.45, 2.75) is 19.9 Å². The van der Waals surface area contributed by atoms with Gasteiger partial charge in [0.05, 0.1) is 28.6 Å². The number of rotatable bonds is 5. The number of esters is 1. The highest BCUT2D eigenvalue weighted by Gasteiger charge is 2.36. The largest absolute Gasteiger partial charge is 0.458 e. The maximum atomic E-state index is 14.0. The molecular weight excluding hydrogens is 462 g/mol. The molecule has 5 rings (SSSR count). The van der Waals surface area contributed by atoms with Crippen LogP contribution in [0, 0.1) is 0 Å². The number of amides is 1. The number of aromatic nitrogens is 1. The van der Waals surface area contributed by atoms with Crippen LogP contribution in [0.3, 0.4) is 0 Å². The second kappa shape index (κ2) is 8.96. The van der Waals surface area contributed by atoms with Crippen LogP contribution >= 0.6 is 11.3 Å². The quantitative estimate of drug-likeness (QED) is 0.411. The normalized spacial score (nSPS) is 18.2. The summed E-state index contributed by atoms with van der Waals surface area (Å²) >= 11 is 1.17. The third kappa shape index (κ3) is 3.57. The molecule has 1 unspecified atom stereocenters. The van der Waals surface area contributed by atoms with Gasteiger partial charge in [-0.25, -0.2) is 9.79 Å². The van der Waals surface area contributed by atoms with E-state index in [0.717, 1.165) is 16.8 Å². The lowest BCUT2D eigenvalue weighted by Crippen LogP contribution is -2.41. The SMILES string of the molecule is C=CCOC(=O)C1=C(C)N=c2sc(=C3C(=O)N(CC)c4ccccc43)c(=O)n2C1c1ccccc1. The van der Waals surface area contributed by atoms with Crippen molar-refractivity contribution in [1.82, 2.24) is 4.57 Å². The second-order valence-electron chi connectivity index (χ2n) is 8.14. The van der Waals surface area contributed by atoms with Crippen molar-refractivity contribution in [3.05, 3.63) is 109 Å². The van der Waals surface area contributed by atoms with Gasteiger partial charge in [0.1, 0.15) is 11.1 Å². The number of carbonyl (C=O) groups is 2. The molecule has 0 saturated heterocycles. The molecule has 0 bridgehead atoms. The lowest BCUT2D eigenvalue weighted by Gasteiger charge is -2.24. The summed E-state index contributed by atoms with van der Waals surface area (Å²) in [6.07, 6.45) is 1.49. The number of allylic oxidation sites excluding steroid dienone is 1. The maximum Gasteiger partial charge on any atom is 0.338 e. The summed E-state index contributed by atoms with van der Waals surface area (Å²) in [7, 11) is 0. The third-order valence-corrected chi connectivity index (χ3v) is 7.18. The van der Waals surface area contributed by atoms with E-state index in [1.165, 1.54) is 22.0 Å². The van der Waals surface area contributed by atoms with Gasteiger partial charge in [0.15, 0.2) is 4.80 Å². The van der Waals surface area contributed by atoms with Crippen LogP contribution in [0.4, 0.5) is 5.69 Å². The lowest BCUT2D eigenvalue weighted by molar-refractivity contribution is -0.138. The predicted molar refractivity (Wildman–Crippen MR) is 135 cm³/mol. The van der Waals surface area contributed by atoms with E-state index in [0.29, 0.717) is 27.1 Å². The number of nitrogens with zero attached hydrogens (tertiary/aromatic N) is 3. The molecule has 0 saturated carbocycles. The van der Waals surface area contributed by atoms with Crippen molar-refractivity contribution in [2.75, 3.05) is 18.1 Å². The Morgan fingerprint density at radius 3 is 2.57 bits per heavy atom. The topological polar surface area (TPSA) is 81.0 Å². The van der Waals surface area contributed by atoms with Gasteiger partial charge in [0, 0.05) is 12.1 Å². The Bertz CT molecular complexity index is 1580. The fourth-order valence-electron chi connectivity index (χ4n) is 4.61. The van der Waals surface area contributed by atoms with Crippen LogP contribution in [-0.4, -0.2) is 29.6 Å². The summed E-state index contributed by atoms with van der Waals surface area (Å²) in [6, 6.07) is 16.0. The zero-order chi connectivity index (χ0) is 24.7. The van der Waals surface area contributed by atoms with E-state index in [4.69, 9.17) is 4.74 Å². The van der Waals surface area contributed by atoms with Crippen molar-refractivity contribution in [1.29, 1.82) is 0 Å². The van der Waals surface area contributed by atoms with Gasteiger partial charge in [-0.2, -0.15) is 0 Å². The Morgan fingerprint density at radius 2 is 1.86 bits per heavy atom. The second-order valence-corrected chi connectivity index (χ2v) is 9.12. The standard InChI is InChI=1S/C27H23N3O4S/c1-4-15-34-26(33)20-16(3)28-27-30(22(20)17-11-7-6-8-12-17)25(32)23(35-27)21-18-13-9-10-14-19(18)29(5-2)24(21)31/h4,6-14,22H,1,5,15H2,2-3H3. The molecule has 0 N–H and O–H groups in total. The van der Waals surface area contributed by atoms with Gasteiger partial charge < -0.3 is 9.64 Å². The first-order valence-corrected chi connectivity index (χ1v) is 12.1. The zero-order valence-corrected chi connectivity index (χ0v) is 20.2. The third-order valence-electron chi connectivity index (χ3n) is 6.13. The highest BCUT2D eigenvalue weighted by atomic mass is 32.1. The van der Waals surface area contributed by atoms with E-state index in [1.807, 2.05) is 61.5 Å². The van der Waals surface area contributed by atoms with Crippen molar-refractivity contribution in [2.24, 2.45) is 4.99 Å². The number of anilines is 1. The number of para-hydroxylation sites is 1. The van der Waals surface area contributed by atoms with Gasteiger partial charge in [-0.15, -0.1) is 0 Å². The van der Waals surface area contributed by atoms with E-state index in [9.17, 15) is 14.4 Å². The number of carbonyl (C=O) groups excluding carboxylic acids is 2. The Balaban J connectivity index is 1.80. The summed E-state index contributed by atoms with van der Waals surface area (Å²) in [6.45, 7) is 7.77. The Labute approximate surface area is 205 Å². The van der Waals surface area contributed by atoms with Gasteiger partial charge in [0.2, 0.25) is 0 Å². The summed E-state index contributed by atoms with van der Waals surface area (Å²) in [5.74, 6) is -0.769. The first kappa shape index (κ1) is 22.7. The maximum absolute atomic E-state index is 14.0. The molecule has 1 atom stereocenters. The zero-order valence-electron chi connectivity index (χ0n) is 19.4. The molecule has 0 spiro atoms. The van der Waals surface area contributed by atoms with Gasteiger partial charge >= 0.3 is 5.97 Å². The van der Waals surface area contributed by atoms with E-state index in [-0.39, 0.29) is 23.6 Å². The fourth-order valence-corrected chi connectivity index (χ4v) is 5.75. The Kier molecular flexibility index (Phi) is 5.82. The number of ether oxygens (including phenoxy) is 1. The number of fused-ring (bicyclic) bond motifs is 2. The first-order chi connectivity index (χ1) is 17.0. The highest BCUT2D eigenvalue weighted by molar-refractivity contribution is 7.07. The Hall–Kier alpha value is -4.04. The van der Waals surface area contributed by atoms with Crippen LogP contribution in [0.25, 0.3) is 5.57 Å². The number of likely N-dealkylation sites (N-methyl/N-ethyl adjacent to an activating group) is 1. The minimum Gasteiger partial charge on any atom is -0.458 e. The Morgan fingerprint density at radius 1 is 1.14 bits per heavy atom. The minimum atomic E-state index is -0.729. The molecule has 3 aromatic rings. The molecule has 0 radical (unpaired) electrons. The molecule has 0 fully saturated rings. The monoisotopic (exact) mass is 485 g/mol. The van der Waals surface area contributed by atoms with Crippen molar-refractivity contribution in [3.63, 3.8) is 0 Å². The minimum absolute atomic E-state index is 0.0455. The smallest absolute Gasteiger partial charge is 0.338 e. The van der Waals surface area contributed by atoms with E-state index < -0.39 is 12.0 Å². The molecule has 0 aliphatic carbocycles. The van der Waals surface area contributed by atoms with Gasteiger partial charge in [0.25, 0.3) is 11.5 Å². The van der Waals surface area contributed by atoms with E-state index in [2.05, 4.69) is 11.6 Å². The number of hydrogen-bond donors (Lipinski definition) is 0. The van der Waals surface area contributed by atoms with E-state index >= 15 is 0 Å². The van der Waals surface area contributed by atoms with Crippen LogP contribution < -0.4 is 19.8 Å². The average molecular weight is 486 g/mol. The van der Waals surface area contributed by atoms with Crippen LogP contribution in [0.1, 0.15) is 31.0 Å². The van der Waals surface area contributed by atoms with Gasteiger partial charge in [-0.1, -0.05) is 72.5 Å². The van der Waals surface area contributed by atoms with E-state index in [1.54, 1.807) is 11.8 Å². The molecule has 2 aliphatic heterocycles. The fraction of sp³-hybridized carbons (Fsp3) is 0.185. The van der Waals surface area contributed by atoms with Gasteiger partial charge in [-0.05, 0) is 25.5 Å². The van der Waals surface area contributed by atoms with Gasteiger partial charge in [-0.3, -0.25) is 14.2 Å². The van der Waals surface area contributed by atoms with Crippen LogP contribution in [0.5, 0.6) is 0 Å². The van der Waals surface area contributed by atoms with Crippen LogP contribution in [0.15, 0.2) is 88.3 Å². The molecule has 35 heavy (non-hydrogen) atoms. The molecule has 1 aromatic heterocycles. The number of thiazole rings is 1. The predicted octanol–water partition coefficient (Wildman–Crippen LogP) is 2.70. The summed E-state index contributed by atoms with van der Waals surface area (Å²) in [5.41, 5.74) is 3.02. The summed E-state index contributed by atoms with van der Waals surface area (Å²) in [4.78, 5) is 47.1. The van der Waals surface area contributed by atoms with Crippen molar-refractivity contribution in [3.8, 4) is 0 Å².